The molecule has 0 spiro atoms. The van der Waals surface area contributed by atoms with Crippen LogP contribution in [0.4, 0.5) is 0 Å². The Balaban J connectivity index is 1.76. The van der Waals surface area contributed by atoms with Gasteiger partial charge in [-0.1, -0.05) is 13.3 Å². The fourth-order valence-electron chi connectivity index (χ4n) is 2.56. The molecule has 2 heterocycles. The lowest BCUT2D eigenvalue weighted by Crippen LogP contribution is -2.24. The van der Waals surface area contributed by atoms with E-state index in [0.717, 1.165) is 57.9 Å². The summed E-state index contributed by atoms with van der Waals surface area (Å²) < 4.78 is 13.2. The van der Waals surface area contributed by atoms with Gasteiger partial charge >= 0.3 is 0 Å². The molecule has 0 saturated carbocycles. The molecule has 0 bridgehead atoms. The lowest BCUT2D eigenvalue weighted by Gasteiger charge is -2.19. The Hall–Kier alpha value is -0.910. The Kier molecular flexibility index (Phi) is 6.50. The topological polar surface area (TPSA) is 62.3 Å². The highest BCUT2D eigenvalue weighted by atomic mass is 16.5. The molecule has 2 rings (SSSR count). The van der Waals surface area contributed by atoms with Crippen molar-refractivity contribution in [3.05, 3.63) is 18.2 Å². The number of unbranched alkanes of at least 4 members (excludes halogenated alkanes) is 1. The van der Waals surface area contributed by atoms with Crippen molar-refractivity contribution in [2.24, 2.45) is 11.7 Å². The molecule has 0 amide bonds. The molecule has 1 aliphatic rings. The first kappa shape index (κ1) is 15.5. The Bertz CT molecular complexity index is 375. The zero-order chi connectivity index (χ0) is 14.2. The summed E-state index contributed by atoms with van der Waals surface area (Å²) in [5, 5.41) is 0. The molecule has 1 aromatic heterocycles. The van der Waals surface area contributed by atoms with Crippen LogP contribution in [-0.2, 0) is 16.0 Å². The van der Waals surface area contributed by atoms with Gasteiger partial charge in [-0.2, -0.15) is 0 Å². The summed E-state index contributed by atoms with van der Waals surface area (Å²) >= 11 is 0. The molecular formula is C15H27N3O2. The van der Waals surface area contributed by atoms with Crippen molar-refractivity contribution in [3.8, 4) is 0 Å². The van der Waals surface area contributed by atoms with E-state index in [2.05, 4.69) is 16.5 Å². The quantitative estimate of drug-likeness (QED) is 0.704. The Morgan fingerprint density at radius 2 is 2.35 bits per heavy atom. The molecular weight excluding hydrogens is 254 g/mol. The molecule has 2 atom stereocenters. The highest BCUT2D eigenvalue weighted by Gasteiger charge is 2.26. The molecule has 1 aliphatic heterocycles. The van der Waals surface area contributed by atoms with Crippen molar-refractivity contribution < 1.29 is 9.47 Å². The largest absolute Gasteiger partial charge is 0.381 e. The van der Waals surface area contributed by atoms with Crippen molar-refractivity contribution in [1.29, 1.82) is 0 Å². The average Bonchev–Trinajstić information content (AvgIpc) is 3.12. The predicted octanol–water partition coefficient (Wildman–Crippen LogP) is 2.13. The summed E-state index contributed by atoms with van der Waals surface area (Å²) in [7, 11) is 0. The van der Waals surface area contributed by atoms with Crippen LogP contribution in [0.15, 0.2) is 12.5 Å². The van der Waals surface area contributed by atoms with Crippen LogP contribution in [0.1, 0.15) is 44.3 Å². The summed E-state index contributed by atoms with van der Waals surface area (Å²) in [5.74, 6) is 0.422. The highest BCUT2D eigenvalue weighted by molar-refractivity contribution is 5.07. The van der Waals surface area contributed by atoms with Crippen LogP contribution in [-0.4, -0.2) is 36.0 Å². The second-order valence-electron chi connectivity index (χ2n) is 5.48. The number of hydrogen-bond donors (Lipinski definition) is 1. The number of aryl methyl sites for hydroxylation is 1. The molecule has 5 nitrogen and oxygen atoms in total. The van der Waals surface area contributed by atoms with Crippen molar-refractivity contribution in [1.82, 2.24) is 9.55 Å². The third-order valence-electron chi connectivity index (χ3n) is 3.89. The van der Waals surface area contributed by atoms with Crippen LogP contribution in [0.25, 0.3) is 0 Å². The van der Waals surface area contributed by atoms with Crippen LogP contribution < -0.4 is 5.73 Å². The summed E-state index contributed by atoms with van der Waals surface area (Å²) in [5.41, 5.74) is 7.46. The van der Waals surface area contributed by atoms with Crippen LogP contribution in [0.5, 0.6) is 0 Å². The number of nitrogens with zero attached hydrogens (tertiary/aromatic N) is 2. The normalized spacial score (nSPS) is 20.4. The molecule has 1 saturated heterocycles. The number of hydrogen-bond acceptors (Lipinski definition) is 4. The van der Waals surface area contributed by atoms with Gasteiger partial charge in [0.05, 0.1) is 24.7 Å². The first-order chi connectivity index (χ1) is 9.83. The van der Waals surface area contributed by atoms with Gasteiger partial charge in [0.15, 0.2) is 0 Å². The number of nitrogens with two attached hydrogens (primary N) is 1. The van der Waals surface area contributed by atoms with Crippen LogP contribution in [0.2, 0.25) is 0 Å². The van der Waals surface area contributed by atoms with Gasteiger partial charge in [0.2, 0.25) is 0 Å². The summed E-state index contributed by atoms with van der Waals surface area (Å²) in [4.78, 5) is 4.24. The molecule has 5 heteroatoms. The number of ether oxygens (including phenoxy) is 2. The minimum atomic E-state index is 0.0287. The zero-order valence-corrected chi connectivity index (χ0v) is 12.5. The van der Waals surface area contributed by atoms with Gasteiger partial charge in [0.1, 0.15) is 0 Å². The minimum Gasteiger partial charge on any atom is -0.381 e. The molecule has 2 N–H and O–H groups in total. The second-order valence-corrected chi connectivity index (χ2v) is 5.48. The van der Waals surface area contributed by atoms with Crippen LogP contribution in [0.3, 0.4) is 0 Å². The minimum absolute atomic E-state index is 0.0287. The molecule has 20 heavy (non-hydrogen) atoms. The van der Waals surface area contributed by atoms with Gasteiger partial charge < -0.3 is 19.8 Å². The van der Waals surface area contributed by atoms with Gasteiger partial charge in [-0.25, -0.2) is 4.98 Å². The molecule has 114 valence electrons. The maximum absolute atomic E-state index is 6.34. The van der Waals surface area contributed by atoms with Gasteiger partial charge in [-0.05, 0) is 19.3 Å². The third kappa shape index (κ3) is 4.30. The monoisotopic (exact) mass is 281 g/mol. The van der Waals surface area contributed by atoms with Crippen molar-refractivity contribution in [2.75, 3.05) is 26.4 Å². The first-order valence-corrected chi connectivity index (χ1v) is 7.74. The van der Waals surface area contributed by atoms with E-state index in [1.165, 1.54) is 6.42 Å². The van der Waals surface area contributed by atoms with E-state index in [1.54, 1.807) is 0 Å². The SMILES string of the molecule is CCCCOCCCn1cncc1C(N)C1CCOC1. The Labute approximate surface area is 121 Å². The molecule has 2 unspecified atom stereocenters. The maximum Gasteiger partial charge on any atom is 0.0948 e. The fourth-order valence-corrected chi connectivity index (χ4v) is 2.56. The maximum atomic E-state index is 6.34. The zero-order valence-electron chi connectivity index (χ0n) is 12.5. The Morgan fingerprint density at radius 3 is 3.10 bits per heavy atom. The van der Waals surface area contributed by atoms with Crippen molar-refractivity contribution in [2.45, 2.75) is 45.2 Å². The third-order valence-corrected chi connectivity index (χ3v) is 3.89. The van der Waals surface area contributed by atoms with E-state index in [0.29, 0.717) is 5.92 Å². The lowest BCUT2D eigenvalue weighted by molar-refractivity contribution is 0.125. The van der Waals surface area contributed by atoms with E-state index < -0.39 is 0 Å². The summed E-state index contributed by atoms with van der Waals surface area (Å²) in [6.07, 6.45) is 8.14. The lowest BCUT2D eigenvalue weighted by atomic mass is 9.97. The van der Waals surface area contributed by atoms with Crippen LogP contribution in [0, 0.1) is 5.92 Å². The number of rotatable bonds is 9. The highest BCUT2D eigenvalue weighted by Crippen LogP contribution is 2.26. The number of imidazole rings is 1. The smallest absolute Gasteiger partial charge is 0.0948 e. The van der Waals surface area contributed by atoms with Gasteiger partial charge in [0.25, 0.3) is 0 Å². The van der Waals surface area contributed by atoms with E-state index in [9.17, 15) is 0 Å². The molecule has 1 aromatic rings. The number of aromatic nitrogens is 2. The average molecular weight is 281 g/mol. The van der Waals surface area contributed by atoms with E-state index in [4.69, 9.17) is 15.2 Å². The van der Waals surface area contributed by atoms with Gasteiger partial charge in [-0.3, -0.25) is 0 Å². The van der Waals surface area contributed by atoms with E-state index >= 15 is 0 Å². The molecule has 0 radical (unpaired) electrons. The van der Waals surface area contributed by atoms with E-state index in [1.807, 2.05) is 12.5 Å². The molecule has 0 aromatic carbocycles. The van der Waals surface area contributed by atoms with Crippen molar-refractivity contribution >= 4 is 0 Å². The van der Waals surface area contributed by atoms with Gasteiger partial charge in [0, 0.05) is 38.5 Å². The standard InChI is InChI=1S/C15H27N3O2/c1-2-3-7-19-8-4-6-18-12-17-10-14(18)15(16)13-5-9-20-11-13/h10,12-13,15H,2-9,11,16H2,1H3. The van der Waals surface area contributed by atoms with Crippen molar-refractivity contribution in [3.63, 3.8) is 0 Å². The first-order valence-electron chi connectivity index (χ1n) is 7.74. The second kappa shape index (κ2) is 8.39. The molecule has 0 aliphatic carbocycles. The molecule has 1 fully saturated rings. The summed E-state index contributed by atoms with van der Waals surface area (Å²) in [6.45, 7) is 6.37. The Morgan fingerprint density at radius 1 is 1.50 bits per heavy atom. The van der Waals surface area contributed by atoms with E-state index in [-0.39, 0.29) is 6.04 Å². The summed E-state index contributed by atoms with van der Waals surface area (Å²) in [6, 6.07) is 0.0287. The van der Waals surface area contributed by atoms with Crippen LogP contribution >= 0.6 is 0 Å². The van der Waals surface area contributed by atoms with Gasteiger partial charge in [-0.15, -0.1) is 0 Å². The fraction of sp³-hybridized carbons (Fsp3) is 0.800. The predicted molar refractivity (Wildman–Crippen MR) is 78.4 cm³/mol.